The number of rotatable bonds is 5. The van der Waals surface area contributed by atoms with Crippen molar-refractivity contribution in [3.05, 3.63) is 36.7 Å². The second kappa shape index (κ2) is 9.41. The van der Waals surface area contributed by atoms with E-state index in [1.807, 2.05) is 70.6 Å². The fraction of sp³-hybridized carbons (Fsp3) is 0.333. The second-order valence-electron chi connectivity index (χ2n) is 3.35. The fourth-order valence-electron chi connectivity index (χ4n) is 1.35. The van der Waals surface area contributed by atoms with Crippen LogP contribution in [-0.4, -0.2) is 42.4 Å². The number of hydrogen-bond donors (Lipinski definition) is 0. The normalized spacial score (nSPS) is 19.4. The summed E-state index contributed by atoms with van der Waals surface area (Å²) >= 11 is 12.8. The van der Waals surface area contributed by atoms with E-state index in [-0.39, 0.29) is 0 Å². The minimum atomic E-state index is 0.643. The average Bonchev–Trinajstić information content (AvgIpc) is 3.07. The monoisotopic (exact) mass is 510 g/mol. The zero-order valence-electron chi connectivity index (χ0n) is 11.4. The quantitative estimate of drug-likeness (QED) is 0.408. The first-order valence-corrected chi connectivity index (χ1v) is 16.3. The molecule has 0 nitrogen and oxygen atoms in total. The van der Waals surface area contributed by atoms with Crippen molar-refractivity contribution < 1.29 is 0 Å². The van der Waals surface area contributed by atoms with Crippen LogP contribution in [0.5, 0.6) is 0 Å². The molecule has 0 aliphatic carbocycles. The van der Waals surface area contributed by atoms with Crippen molar-refractivity contribution in [3.63, 3.8) is 0 Å². The van der Waals surface area contributed by atoms with Crippen LogP contribution in [0, 0.1) is 0 Å². The van der Waals surface area contributed by atoms with E-state index in [4.69, 9.17) is 0 Å². The van der Waals surface area contributed by atoms with Crippen molar-refractivity contribution in [1.82, 2.24) is 0 Å². The van der Waals surface area contributed by atoms with Gasteiger partial charge in [0.2, 0.25) is 0 Å². The average molecular weight is 509 g/mol. The van der Waals surface area contributed by atoms with E-state index in [1.54, 1.807) is 7.61 Å². The Hall–Kier alpha value is 2.10. The van der Waals surface area contributed by atoms with E-state index in [9.17, 15) is 0 Å². The summed E-state index contributed by atoms with van der Waals surface area (Å²) in [4.78, 5) is 0. The summed E-state index contributed by atoms with van der Waals surface area (Å²) in [6.45, 7) is 0. The Morgan fingerprint density at radius 3 is 1.50 bits per heavy atom. The van der Waals surface area contributed by atoms with Crippen molar-refractivity contribution >= 4 is 100 Å². The first-order valence-electron chi connectivity index (χ1n) is 5.49. The Balaban J connectivity index is 2.01. The third-order valence-corrected chi connectivity index (χ3v) is 15.8. The van der Waals surface area contributed by atoms with E-state index >= 15 is 0 Å². The third-order valence-electron chi connectivity index (χ3n) is 2.20. The molecule has 8 heteroatoms. The predicted octanol–water partition coefficient (Wildman–Crippen LogP) is 6.11. The summed E-state index contributed by atoms with van der Waals surface area (Å²) in [7, 11) is 0. The van der Waals surface area contributed by atoms with Crippen molar-refractivity contribution in [2.75, 3.05) is 12.5 Å². The maximum atomic E-state index is 2.32. The molecular formula is C12H14S6Se2. The summed E-state index contributed by atoms with van der Waals surface area (Å²) in [6, 6.07) is 0. The fourth-order valence-corrected chi connectivity index (χ4v) is 14.9. The molecule has 0 bridgehead atoms. The van der Waals surface area contributed by atoms with Gasteiger partial charge in [0.15, 0.2) is 0 Å². The van der Waals surface area contributed by atoms with E-state index in [0.717, 1.165) is 0 Å². The molecule has 0 amide bonds. The molecule has 0 aromatic heterocycles. The van der Waals surface area contributed by atoms with Crippen LogP contribution in [0.4, 0.5) is 0 Å². The first kappa shape index (κ1) is 18.4. The summed E-state index contributed by atoms with van der Waals surface area (Å²) < 4.78 is 9.06. The molecule has 0 radical (unpaired) electrons. The Kier molecular flexibility index (Phi) is 8.67. The van der Waals surface area contributed by atoms with Crippen molar-refractivity contribution in [2.24, 2.45) is 0 Å². The first-order chi connectivity index (χ1) is 9.71. The molecule has 0 atom stereocenters. The molecule has 0 N–H and O–H groups in total. The summed E-state index contributed by atoms with van der Waals surface area (Å²) in [5.74, 6) is 4.65. The molecule has 2 aliphatic heterocycles. The molecule has 0 fully saturated rings. The Labute approximate surface area is 159 Å². The van der Waals surface area contributed by atoms with Gasteiger partial charge in [0, 0.05) is 0 Å². The number of hydrogen-bond acceptors (Lipinski definition) is 6. The van der Waals surface area contributed by atoms with Gasteiger partial charge in [-0.2, -0.15) is 0 Å². The van der Waals surface area contributed by atoms with Gasteiger partial charge in [0.1, 0.15) is 0 Å². The molecule has 0 spiro atoms. The van der Waals surface area contributed by atoms with Gasteiger partial charge in [-0.1, -0.05) is 0 Å². The molecule has 0 aromatic carbocycles. The molecule has 0 aromatic rings. The molecule has 0 saturated heterocycles. The van der Waals surface area contributed by atoms with Crippen LogP contribution in [0.15, 0.2) is 36.7 Å². The van der Waals surface area contributed by atoms with Gasteiger partial charge in [0.25, 0.3) is 0 Å². The van der Waals surface area contributed by atoms with Gasteiger partial charge < -0.3 is 0 Å². The van der Waals surface area contributed by atoms with Gasteiger partial charge in [-0.15, -0.1) is 0 Å². The molecule has 110 valence electrons. The molecular weight excluding hydrogens is 494 g/mol. The van der Waals surface area contributed by atoms with Crippen LogP contribution < -0.4 is 0 Å². The molecule has 0 unspecified atom stereocenters. The van der Waals surface area contributed by atoms with Gasteiger partial charge in [0.05, 0.1) is 0 Å². The van der Waals surface area contributed by atoms with Crippen LogP contribution in [0.2, 0.25) is 11.6 Å². The van der Waals surface area contributed by atoms with Crippen LogP contribution in [0.3, 0.4) is 0 Å². The maximum absolute atomic E-state index is 2.32. The Morgan fingerprint density at radius 2 is 1.15 bits per heavy atom. The summed E-state index contributed by atoms with van der Waals surface area (Å²) in [5, 5.41) is 0. The molecule has 0 saturated carbocycles. The molecule has 2 rings (SSSR count). The summed E-state index contributed by atoms with van der Waals surface area (Å²) in [6.07, 6.45) is 8.95. The second-order valence-corrected chi connectivity index (χ2v) is 14.8. The Bertz CT molecular complexity index is 424. The molecule has 2 heterocycles. The number of allylic oxidation sites excluding steroid dienone is 2. The molecule has 2 aliphatic rings. The van der Waals surface area contributed by atoms with Crippen molar-refractivity contribution in [3.8, 4) is 0 Å². The van der Waals surface area contributed by atoms with Crippen LogP contribution in [-0.2, 0) is 0 Å². The topological polar surface area (TPSA) is 0 Å². The zero-order valence-corrected chi connectivity index (χ0v) is 19.7. The third kappa shape index (κ3) is 4.80. The summed E-state index contributed by atoms with van der Waals surface area (Å²) in [5.41, 5.74) is 0. The van der Waals surface area contributed by atoms with Gasteiger partial charge in [-0.05, 0) is 0 Å². The zero-order chi connectivity index (χ0) is 14.5. The minimum absolute atomic E-state index is 0.643. The van der Waals surface area contributed by atoms with Gasteiger partial charge in [-0.25, -0.2) is 0 Å². The van der Waals surface area contributed by atoms with E-state index in [1.165, 1.54) is 16.9 Å². The van der Waals surface area contributed by atoms with E-state index < -0.39 is 0 Å². The van der Waals surface area contributed by atoms with E-state index in [2.05, 4.69) is 36.3 Å². The van der Waals surface area contributed by atoms with Crippen molar-refractivity contribution in [1.29, 1.82) is 0 Å². The van der Waals surface area contributed by atoms with Crippen LogP contribution in [0.25, 0.3) is 0 Å². The SMILES string of the molecule is CSC1=C(SC)SC(=CC=C2SC([Se]C)=C([Se]C)S2)S1. The van der Waals surface area contributed by atoms with Crippen LogP contribution in [0.1, 0.15) is 0 Å². The van der Waals surface area contributed by atoms with Gasteiger partial charge in [-0.3, -0.25) is 0 Å². The van der Waals surface area contributed by atoms with Gasteiger partial charge >= 0.3 is 161 Å². The molecule has 20 heavy (non-hydrogen) atoms. The number of thioether (sulfide) groups is 6. The predicted molar refractivity (Wildman–Crippen MR) is 111 cm³/mol. The van der Waals surface area contributed by atoms with E-state index in [0.29, 0.717) is 29.9 Å². The van der Waals surface area contributed by atoms with Crippen LogP contribution >= 0.6 is 70.6 Å². The van der Waals surface area contributed by atoms with Crippen molar-refractivity contribution in [2.45, 2.75) is 11.6 Å². The standard InChI is InChI=1S/C12H14S6Se2/c1-13-9-10(14-2)16-7(15-9)5-6-8-17-11(19-3)12(18-8)20-4/h5-6H,1-4H3. The Morgan fingerprint density at radius 1 is 0.750 bits per heavy atom.